The van der Waals surface area contributed by atoms with Crippen molar-refractivity contribution in [3.05, 3.63) is 56.6 Å². The Morgan fingerprint density at radius 3 is 3.00 bits per heavy atom. The Labute approximate surface area is 128 Å². The lowest BCUT2D eigenvalue weighted by Gasteiger charge is -2.05. The van der Waals surface area contributed by atoms with Crippen LogP contribution in [0.2, 0.25) is 0 Å². The van der Waals surface area contributed by atoms with Crippen molar-refractivity contribution in [3.8, 4) is 0 Å². The van der Waals surface area contributed by atoms with E-state index in [2.05, 4.69) is 26.2 Å². The van der Waals surface area contributed by atoms with Crippen molar-refractivity contribution in [1.29, 1.82) is 0 Å². The van der Waals surface area contributed by atoms with Crippen molar-refractivity contribution in [2.45, 2.75) is 13.0 Å². The molecule has 0 unspecified atom stereocenters. The first-order valence-corrected chi connectivity index (χ1v) is 7.17. The van der Waals surface area contributed by atoms with Crippen LogP contribution in [0.1, 0.15) is 11.3 Å². The Hall–Kier alpha value is -1.99. The Morgan fingerprint density at radius 1 is 1.33 bits per heavy atom. The summed E-state index contributed by atoms with van der Waals surface area (Å²) < 4.78 is 7.69. The number of aromatic nitrogens is 3. The summed E-state index contributed by atoms with van der Waals surface area (Å²) in [5.74, 6) is 0. The van der Waals surface area contributed by atoms with Crippen molar-refractivity contribution in [1.82, 2.24) is 15.0 Å². The summed E-state index contributed by atoms with van der Waals surface area (Å²) >= 11 is 3.36. The molecule has 6 nitrogen and oxygen atoms in total. The summed E-state index contributed by atoms with van der Waals surface area (Å²) in [5.41, 5.74) is 1.66. The zero-order valence-electron chi connectivity index (χ0n) is 11.0. The van der Waals surface area contributed by atoms with Crippen LogP contribution in [0.5, 0.6) is 0 Å². The predicted molar refractivity (Wildman–Crippen MR) is 80.1 cm³/mol. The van der Waals surface area contributed by atoms with Crippen molar-refractivity contribution >= 4 is 26.9 Å². The Balaban J connectivity index is 2.01. The Morgan fingerprint density at radius 2 is 2.19 bits per heavy atom. The minimum absolute atomic E-state index is 0.0323. The minimum atomic E-state index is -0.397. The summed E-state index contributed by atoms with van der Waals surface area (Å²) in [6, 6.07) is 7.01. The predicted octanol–water partition coefficient (Wildman–Crippen LogP) is 1.73. The molecule has 0 aliphatic rings. The number of hydrogen-bond acceptors (Lipinski definition) is 5. The zero-order chi connectivity index (χ0) is 14.8. The molecule has 0 atom stereocenters. The van der Waals surface area contributed by atoms with Gasteiger partial charge in [-0.1, -0.05) is 21.1 Å². The van der Waals surface area contributed by atoms with Crippen LogP contribution in [0.3, 0.4) is 0 Å². The summed E-state index contributed by atoms with van der Waals surface area (Å²) in [6.45, 7) is 0.451. The van der Waals surface area contributed by atoms with E-state index < -0.39 is 5.63 Å². The highest BCUT2D eigenvalue weighted by atomic mass is 79.9. The average molecular weight is 350 g/mol. The van der Waals surface area contributed by atoms with Gasteiger partial charge in [-0.15, -0.1) is 5.10 Å². The molecule has 0 saturated carbocycles. The minimum Gasteiger partial charge on any atom is -0.423 e. The van der Waals surface area contributed by atoms with Crippen LogP contribution in [-0.4, -0.2) is 26.7 Å². The fourth-order valence-electron chi connectivity index (χ4n) is 2.15. The highest BCUT2D eigenvalue weighted by Crippen LogP contribution is 2.22. The van der Waals surface area contributed by atoms with Crippen LogP contribution in [0.25, 0.3) is 11.0 Å². The van der Waals surface area contributed by atoms with E-state index in [-0.39, 0.29) is 6.61 Å². The molecule has 2 heterocycles. The number of aliphatic hydroxyl groups excluding tert-OH is 1. The number of hydrogen-bond donors (Lipinski definition) is 1. The third-order valence-corrected chi connectivity index (χ3v) is 3.57. The molecular formula is C14H12BrN3O3. The van der Waals surface area contributed by atoms with Gasteiger partial charge in [0.15, 0.2) is 0 Å². The van der Waals surface area contributed by atoms with Crippen LogP contribution in [-0.2, 0) is 13.0 Å². The second-order valence-corrected chi connectivity index (χ2v) is 5.53. The molecule has 0 amide bonds. The van der Waals surface area contributed by atoms with Gasteiger partial charge >= 0.3 is 5.63 Å². The van der Waals surface area contributed by atoms with Crippen molar-refractivity contribution in [2.75, 3.05) is 6.61 Å². The molecule has 3 rings (SSSR count). The van der Waals surface area contributed by atoms with E-state index in [0.29, 0.717) is 24.2 Å². The molecule has 0 bridgehead atoms. The highest BCUT2D eigenvalue weighted by molar-refractivity contribution is 9.10. The SMILES string of the molecule is O=c1cc(Cn2cc(CCO)nn2)c2ccc(Br)cc2o1. The molecule has 3 aromatic rings. The first kappa shape index (κ1) is 14.0. The van der Waals surface area contributed by atoms with Gasteiger partial charge in [0.1, 0.15) is 5.58 Å². The summed E-state index contributed by atoms with van der Waals surface area (Å²) in [6.07, 6.45) is 2.22. The second-order valence-electron chi connectivity index (χ2n) is 4.61. The van der Waals surface area contributed by atoms with E-state index in [0.717, 1.165) is 15.4 Å². The smallest absolute Gasteiger partial charge is 0.336 e. The lowest BCUT2D eigenvalue weighted by Crippen LogP contribution is -2.06. The molecule has 0 fully saturated rings. The molecule has 7 heteroatoms. The van der Waals surface area contributed by atoms with E-state index in [9.17, 15) is 4.79 Å². The van der Waals surface area contributed by atoms with Gasteiger partial charge in [0.05, 0.1) is 12.2 Å². The van der Waals surface area contributed by atoms with Crippen LogP contribution < -0.4 is 5.63 Å². The van der Waals surface area contributed by atoms with E-state index in [1.807, 2.05) is 12.1 Å². The van der Waals surface area contributed by atoms with Crippen LogP contribution in [0.4, 0.5) is 0 Å². The number of aliphatic hydroxyl groups is 1. The quantitative estimate of drug-likeness (QED) is 0.725. The van der Waals surface area contributed by atoms with Gasteiger partial charge in [0, 0.05) is 35.1 Å². The van der Waals surface area contributed by atoms with Crippen molar-refractivity contribution in [2.24, 2.45) is 0 Å². The Kier molecular flexibility index (Phi) is 3.85. The Bertz CT molecular complexity index is 841. The fraction of sp³-hybridized carbons (Fsp3) is 0.214. The standard InChI is InChI=1S/C14H12BrN3O3/c15-10-1-2-12-9(5-14(20)21-13(12)6-10)7-18-8-11(3-4-19)16-17-18/h1-2,5-6,8,19H,3-4,7H2. The van der Waals surface area contributed by atoms with Gasteiger partial charge < -0.3 is 9.52 Å². The molecule has 1 aromatic carbocycles. The topological polar surface area (TPSA) is 81.2 Å². The molecular weight excluding hydrogens is 338 g/mol. The van der Waals surface area contributed by atoms with Gasteiger partial charge in [0.25, 0.3) is 0 Å². The fourth-order valence-corrected chi connectivity index (χ4v) is 2.49. The largest absolute Gasteiger partial charge is 0.423 e. The van der Waals surface area contributed by atoms with Crippen molar-refractivity contribution in [3.63, 3.8) is 0 Å². The van der Waals surface area contributed by atoms with E-state index in [1.54, 1.807) is 16.9 Å². The third kappa shape index (κ3) is 3.03. The van der Waals surface area contributed by atoms with Crippen LogP contribution >= 0.6 is 15.9 Å². The lowest BCUT2D eigenvalue weighted by molar-refractivity contribution is 0.298. The number of halogens is 1. The summed E-state index contributed by atoms with van der Waals surface area (Å²) in [4.78, 5) is 11.7. The number of nitrogens with zero attached hydrogens (tertiary/aromatic N) is 3. The maximum atomic E-state index is 11.7. The normalized spacial score (nSPS) is 11.1. The van der Waals surface area contributed by atoms with E-state index in [1.165, 1.54) is 6.07 Å². The van der Waals surface area contributed by atoms with Gasteiger partial charge in [-0.05, 0) is 23.8 Å². The second kappa shape index (κ2) is 5.79. The number of rotatable bonds is 4. The van der Waals surface area contributed by atoms with E-state index >= 15 is 0 Å². The monoisotopic (exact) mass is 349 g/mol. The van der Waals surface area contributed by atoms with E-state index in [4.69, 9.17) is 9.52 Å². The maximum absolute atomic E-state index is 11.7. The molecule has 0 spiro atoms. The molecule has 108 valence electrons. The number of benzene rings is 1. The zero-order valence-corrected chi connectivity index (χ0v) is 12.6. The van der Waals surface area contributed by atoms with Gasteiger partial charge in [-0.2, -0.15) is 0 Å². The first-order valence-electron chi connectivity index (χ1n) is 6.38. The highest BCUT2D eigenvalue weighted by Gasteiger charge is 2.08. The summed E-state index contributed by atoms with van der Waals surface area (Å²) in [7, 11) is 0. The molecule has 21 heavy (non-hydrogen) atoms. The first-order chi connectivity index (χ1) is 10.2. The molecule has 0 aliphatic heterocycles. The van der Waals surface area contributed by atoms with Gasteiger partial charge in [-0.25, -0.2) is 9.48 Å². The molecule has 2 aromatic heterocycles. The molecule has 1 N–H and O–H groups in total. The lowest BCUT2D eigenvalue weighted by atomic mass is 10.1. The molecule has 0 aliphatic carbocycles. The van der Waals surface area contributed by atoms with Crippen molar-refractivity contribution < 1.29 is 9.52 Å². The third-order valence-electron chi connectivity index (χ3n) is 3.08. The molecule has 0 saturated heterocycles. The molecule has 0 radical (unpaired) electrons. The van der Waals surface area contributed by atoms with Crippen LogP contribution in [0, 0.1) is 0 Å². The van der Waals surface area contributed by atoms with Gasteiger partial charge in [-0.3, -0.25) is 0 Å². The summed E-state index contributed by atoms with van der Waals surface area (Å²) in [5, 5.41) is 17.7. The number of fused-ring (bicyclic) bond motifs is 1. The average Bonchev–Trinajstić information content (AvgIpc) is 2.85. The van der Waals surface area contributed by atoms with Gasteiger partial charge in [0.2, 0.25) is 0 Å². The maximum Gasteiger partial charge on any atom is 0.336 e. The van der Waals surface area contributed by atoms with Crippen LogP contribution in [0.15, 0.2) is 44.1 Å².